The lowest BCUT2D eigenvalue weighted by atomic mass is 10.1. The molecule has 0 saturated carbocycles. The van der Waals surface area contributed by atoms with Crippen LogP contribution in [0.2, 0.25) is 10.0 Å². The Morgan fingerprint density at radius 2 is 1.83 bits per heavy atom. The molecule has 2 aromatic rings. The average molecular weight is 286 g/mol. The van der Waals surface area contributed by atoms with Crippen LogP contribution in [-0.2, 0) is 0 Å². The summed E-state index contributed by atoms with van der Waals surface area (Å²) < 4.78 is 13.5. The lowest BCUT2D eigenvalue weighted by Crippen LogP contribution is -1.92. The van der Waals surface area contributed by atoms with Gasteiger partial charge in [0.25, 0.3) is 0 Å². The summed E-state index contributed by atoms with van der Waals surface area (Å²) in [5.74, 6) is -0.909. The summed E-state index contributed by atoms with van der Waals surface area (Å²) in [6, 6.07) is 8.36. The second kappa shape index (κ2) is 4.92. The third-order valence-corrected chi connectivity index (χ3v) is 2.95. The topological polar surface area (TPSA) is 43.1 Å². The van der Waals surface area contributed by atoms with Gasteiger partial charge in [-0.1, -0.05) is 23.2 Å². The standard InChI is InChI=1S/C12H6Cl2FNO2/c13-8-2-3-10(14)9(6-8)7-1-4-12(16(17)18)11(15)5-7/h1-6H. The second-order valence-corrected chi connectivity index (χ2v) is 4.39. The van der Waals surface area contributed by atoms with Crippen molar-refractivity contribution in [3.05, 3.63) is 62.4 Å². The van der Waals surface area contributed by atoms with E-state index in [9.17, 15) is 14.5 Å². The first-order chi connectivity index (χ1) is 8.49. The van der Waals surface area contributed by atoms with Crippen LogP contribution in [0.1, 0.15) is 0 Å². The van der Waals surface area contributed by atoms with Crippen molar-refractivity contribution in [2.45, 2.75) is 0 Å². The van der Waals surface area contributed by atoms with Crippen LogP contribution >= 0.6 is 23.2 Å². The van der Waals surface area contributed by atoms with E-state index < -0.39 is 16.4 Å². The highest BCUT2D eigenvalue weighted by molar-refractivity contribution is 6.35. The first-order valence-electron chi connectivity index (χ1n) is 4.88. The first kappa shape index (κ1) is 12.8. The SMILES string of the molecule is O=[N+]([O-])c1ccc(-c2cc(Cl)ccc2Cl)cc1F. The molecule has 2 rings (SSSR count). The van der Waals surface area contributed by atoms with Crippen molar-refractivity contribution >= 4 is 28.9 Å². The molecule has 0 saturated heterocycles. The van der Waals surface area contributed by atoms with Crippen LogP contribution in [0.5, 0.6) is 0 Å². The van der Waals surface area contributed by atoms with Crippen molar-refractivity contribution in [3.8, 4) is 11.1 Å². The van der Waals surface area contributed by atoms with Crippen LogP contribution in [0, 0.1) is 15.9 Å². The third-order valence-electron chi connectivity index (χ3n) is 2.38. The molecular formula is C12H6Cl2FNO2. The zero-order valence-electron chi connectivity index (χ0n) is 8.86. The highest BCUT2D eigenvalue weighted by Crippen LogP contribution is 2.32. The molecule has 0 aromatic heterocycles. The molecule has 18 heavy (non-hydrogen) atoms. The minimum atomic E-state index is -0.909. The maximum atomic E-state index is 13.5. The van der Waals surface area contributed by atoms with E-state index in [2.05, 4.69) is 0 Å². The number of rotatable bonds is 2. The van der Waals surface area contributed by atoms with E-state index in [1.54, 1.807) is 18.2 Å². The summed E-state index contributed by atoms with van der Waals surface area (Å²) in [4.78, 5) is 9.73. The van der Waals surface area contributed by atoms with Crippen LogP contribution in [0.4, 0.5) is 10.1 Å². The summed E-state index contributed by atoms with van der Waals surface area (Å²) in [6.45, 7) is 0. The highest BCUT2D eigenvalue weighted by Gasteiger charge is 2.15. The fourth-order valence-corrected chi connectivity index (χ4v) is 1.94. The monoisotopic (exact) mass is 285 g/mol. The van der Waals surface area contributed by atoms with Crippen molar-refractivity contribution in [3.63, 3.8) is 0 Å². The van der Waals surface area contributed by atoms with Crippen LogP contribution in [-0.4, -0.2) is 4.92 Å². The van der Waals surface area contributed by atoms with Gasteiger partial charge in [0, 0.05) is 21.7 Å². The van der Waals surface area contributed by atoms with Crippen LogP contribution in [0.3, 0.4) is 0 Å². The Balaban J connectivity index is 2.55. The fourth-order valence-electron chi connectivity index (χ4n) is 1.54. The van der Waals surface area contributed by atoms with Gasteiger partial charge < -0.3 is 0 Å². The van der Waals surface area contributed by atoms with Crippen molar-refractivity contribution in [1.82, 2.24) is 0 Å². The van der Waals surface area contributed by atoms with E-state index in [4.69, 9.17) is 23.2 Å². The van der Waals surface area contributed by atoms with Gasteiger partial charge in [-0.2, -0.15) is 4.39 Å². The van der Waals surface area contributed by atoms with E-state index in [0.29, 0.717) is 21.2 Å². The van der Waals surface area contributed by atoms with Gasteiger partial charge in [-0.25, -0.2) is 0 Å². The number of hydrogen-bond acceptors (Lipinski definition) is 2. The van der Waals surface area contributed by atoms with Crippen LogP contribution in [0.15, 0.2) is 36.4 Å². The molecule has 3 nitrogen and oxygen atoms in total. The Kier molecular flexibility index (Phi) is 3.50. The third kappa shape index (κ3) is 2.44. The minimum absolute atomic E-state index is 0.396. The fraction of sp³-hybridized carbons (Fsp3) is 0. The van der Waals surface area contributed by atoms with Gasteiger partial charge in [-0.05, 0) is 35.9 Å². The van der Waals surface area contributed by atoms with E-state index in [-0.39, 0.29) is 0 Å². The first-order valence-corrected chi connectivity index (χ1v) is 5.64. The summed E-state index contributed by atoms with van der Waals surface area (Å²) in [5.41, 5.74) is 0.389. The number of nitro groups is 1. The molecular weight excluding hydrogens is 280 g/mol. The van der Waals surface area contributed by atoms with Gasteiger partial charge in [-0.15, -0.1) is 0 Å². The largest absolute Gasteiger partial charge is 0.304 e. The van der Waals surface area contributed by atoms with E-state index in [1.165, 1.54) is 6.07 Å². The molecule has 6 heteroatoms. The molecule has 0 atom stereocenters. The number of nitrogens with zero attached hydrogens (tertiary/aromatic N) is 1. The van der Waals surface area contributed by atoms with Crippen molar-refractivity contribution in [2.75, 3.05) is 0 Å². The van der Waals surface area contributed by atoms with Crippen LogP contribution < -0.4 is 0 Å². The lowest BCUT2D eigenvalue weighted by Gasteiger charge is -2.05. The lowest BCUT2D eigenvalue weighted by molar-refractivity contribution is -0.387. The zero-order valence-corrected chi connectivity index (χ0v) is 10.4. The predicted octanol–water partition coefficient (Wildman–Crippen LogP) is 4.71. The summed E-state index contributed by atoms with van der Waals surface area (Å²) in [6.07, 6.45) is 0. The number of hydrogen-bond donors (Lipinski definition) is 0. The highest BCUT2D eigenvalue weighted by atomic mass is 35.5. The maximum Gasteiger partial charge on any atom is 0.304 e. The van der Waals surface area contributed by atoms with E-state index in [1.807, 2.05) is 0 Å². The van der Waals surface area contributed by atoms with Crippen LogP contribution in [0.25, 0.3) is 11.1 Å². The average Bonchev–Trinajstić information content (AvgIpc) is 2.31. The summed E-state index contributed by atoms with van der Waals surface area (Å²) >= 11 is 11.8. The van der Waals surface area contributed by atoms with Gasteiger partial charge in [0.1, 0.15) is 0 Å². The number of benzene rings is 2. The molecule has 0 N–H and O–H groups in total. The van der Waals surface area contributed by atoms with E-state index in [0.717, 1.165) is 12.1 Å². The van der Waals surface area contributed by atoms with E-state index >= 15 is 0 Å². The molecule has 0 spiro atoms. The zero-order chi connectivity index (χ0) is 13.3. The molecule has 0 fully saturated rings. The Labute approximate surface area is 112 Å². The molecule has 2 aromatic carbocycles. The number of halogens is 3. The molecule has 0 aliphatic heterocycles. The molecule has 0 aliphatic rings. The van der Waals surface area contributed by atoms with Crippen molar-refractivity contribution in [1.29, 1.82) is 0 Å². The second-order valence-electron chi connectivity index (χ2n) is 3.55. The summed E-state index contributed by atoms with van der Waals surface area (Å²) in [5, 5.41) is 11.4. The van der Waals surface area contributed by atoms with Crippen molar-refractivity contribution in [2.24, 2.45) is 0 Å². The maximum absolute atomic E-state index is 13.5. The molecule has 0 radical (unpaired) electrons. The van der Waals surface area contributed by atoms with Gasteiger partial charge in [0.15, 0.2) is 0 Å². The predicted molar refractivity (Wildman–Crippen MR) is 68.5 cm³/mol. The Bertz CT molecular complexity index is 631. The molecule has 92 valence electrons. The van der Waals surface area contributed by atoms with Gasteiger partial charge >= 0.3 is 5.69 Å². The van der Waals surface area contributed by atoms with Gasteiger partial charge in [-0.3, -0.25) is 10.1 Å². The Morgan fingerprint density at radius 3 is 2.44 bits per heavy atom. The smallest absolute Gasteiger partial charge is 0.258 e. The number of nitro benzene ring substituents is 1. The van der Waals surface area contributed by atoms with Gasteiger partial charge in [0.2, 0.25) is 5.82 Å². The molecule has 0 heterocycles. The molecule has 0 bridgehead atoms. The quantitative estimate of drug-likeness (QED) is 0.592. The molecule has 0 unspecified atom stereocenters. The normalized spacial score (nSPS) is 10.4. The van der Waals surface area contributed by atoms with Gasteiger partial charge in [0.05, 0.1) is 4.92 Å². The molecule has 0 amide bonds. The Hall–Kier alpha value is -1.65. The Morgan fingerprint density at radius 1 is 1.11 bits per heavy atom. The summed E-state index contributed by atoms with van der Waals surface area (Å²) in [7, 11) is 0. The van der Waals surface area contributed by atoms with Crippen molar-refractivity contribution < 1.29 is 9.31 Å². The molecule has 0 aliphatic carbocycles. The minimum Gasteiger partial charge on any atom is -0.258 e.